The van der Waals surface area contributed by atoms with Crippen LogP contribution in [0.5, 0.6) is 0 Å². The highest BCUT2D eigenvalue weighted by Gasteiger charge is 2.08. The van der Waals surface area contributed by atoms with Gasteiger partial charge in [0.15, 0.2) is 0 Å². The highest BCUT2D eigenvalue weighted by atomic mass is 79.9. The molecule has 2 aromatic rings. The molecule has 0 fully saturated rings. The summed E-state index contributed by atoms with van der Waals surface area (Å²) in [6.45, 7) is 2.83. The Hall–Kier alpha value is -1.13. The molecular formula is C14H15BrClN3. The van der Waals surface area contributed by atoms with E-state index in [4.69, 9.17) is 11.6 Å². The number of nitrogens with one attached hydrogen (secondary N) is 1. The highest BCUT2D eigenvalue weighted by Crippen LogP contribution is 2.22. The number of benzene rings is 1. The molecule has 1 aromatic heterocycles. The quantitative estimate of drug-likeness (QED) is 0.817. The Labute approximate surface area is 126 Å². The van der Waals surface area contributed by atoms with Crippen molar-refractivity contribution >= 4 is 33.3 Å². The molecule has 2 rings (SSSR count). The molecule has 0 saturated carbocycles. The monoisotopic (exact) mass is 339 g/mol. The first-order valence-electron chi connectivity index (χ1n) is 6.18. The first-order chi connectivity index (χ1) is 9.20. The maximum absolute atomic E-state index is 6.11. The molecule has 0 bridgehead atoms. The van der Waals surface area contributed by atoms with Gasteiger partial charge in [0.05, 0.1) is 0 Å². The van der Waals surface area contributed by atoms with Gasteiger partial charge in [-0.3, -0.25) is 0 Å². The maximum atomic E-state index is 6.11. The van der Waals surface area contributed by atoms with E-state index >= 15 is 0 Å². The largest absolute Gasteiger partial charge is 0.366 e. The third kappa shape index (κ3) is 3.91. The summed E-state index contributed by atoms with van der Waals surface area (Å²) in [5, 5.41) is 3.86. The molecule has 0 saturated heterocycles. The third-order valence-electron chi connectivity index (χ3n) is 2.77. The Bertz CT molecular complexity index is 543. The Morgan fingerprint density at radius 2 is 1.95 bits per heavy atom. The number of hydrogen-bond donors (Lipinski definition) is 1. The second kappa shape index (κ2) is 6.87. The van der Waals surface area contributed by atoms with Crippen molar-refractivity contribution in [2.75, 3.05) is 5.32 Å². The van der Waals surface area contributed by atoms with Crippen molar-refractivity contribution in [2.24, 2.45) is 0 Å². The zero-order valence-corrected chi connectivity index (χ0v) is 13.0. The van der Waals surface area contributed by atoms with Crippen LogP contribution in [0.3, 0.4) is 0 Å². The van der Waals surface area contributed by atoms with Gasteiger partial charge in [0, 0.05) is 16.6 Å². The second-order valence-corrected chi connectivity index (χ2v) is 5.50. The topological polar surface area (TPSA) is 37.8 Å². The number of nitrogens with zero attached hydrogens (tertiary/aromatic N) is 2. The molecular weight excluding hydrogens is 326 g/mol. The number of aromatic nitrogens is 2. The van der Waals surface area contributed by atoms with Crippen molar-refractivity contribution in [1.82, 2.24) is 9.97 Å². The average molecular weight is 341 g/mol. The summed E-state index contributed by atoms with van der Waals surface area (Å²) < 4.78 is 1.08. The van der Waals surface area contributed by atoms with E-state index in [0.717, 1.165) is 35.2 Å². The summed E-state index contributed by atoms with van der Waals surface area (Å²) in [7, 11) is 0. The number of hydrogen-bond acceptors (Lipinski definition) is 3. The van der Waals surface area contributed by atoms with Crippen LogP contribution in [0.25, 0.3) is 0 Å². The van der Waals surface area contributed by atoms with E-state index in [1.807, 2.05) is 12.1 Å². The SMILES string of the molecule is CCCc1c(Cl)ncnc1NCc1ccc(Br)cc1. The van der Waals surface area contributed by atoms with Crippen LogP contribution in [0.15, 0.2) is 35.1 Å². The Balaban J connectivity index is 2.10. The maximum Gasteiger partial charge on any atom is 0.137 e. The van der Waals surface area contributed by atoms with Crippen molar-refractivity contribution in [1.29, 1.82) is 0 Å². The molecule has 19 heavy (non-hydrogen) atoms. The zero-order valence-electron chi connectivity index (χ0n) is 10.7. The molecule has 0 aliphatic rings. The van der Waals surface area contributed by atoms with Crippen molar-refractivity contribution in [2.45, 2.75) is 26.3 Å². The lowest BCUT2D eigenvalue weighted by Gasteiger charge is -2.11. The van der Waals surface area contributed by atoms with Crippen LogP contribution in [0.1, 0.15) is 24.5 Å². The lowest BCUT2D eigenvalue weighted by atomic mass is 10.1. The van der Waals surface area contributed by atoms with Gasteiger partial charge in [0.2, 0.25) is 0 Å². The summed E-state index contributed by atoms with van der Waals surface area (Å²) in [5.74, 6) is 0.824. The third-order valence-corrected chi connectivity index (χ3v) is 3.62. The van der Waals surface area contributed by atoms with Crippen LogP contribution in [0.2, 0.25) is 5.15 Å². The predicted octanol–water partition coefficient (Wildman–Crippen LogP) is 4.46. The summed E-state index contributed by atoms with van der Waals surface area (Å²) in [6, 6.07) is 8.19. The second-order valence-electron chi connectivity index (χ2n) is 4.22. The molecule has 1 aromatic carbocycles. The molecule has 0 aliphatic carbocycles. The van der Waals surface area contributed by atoms with Gasteiger partial charge >= 0.3 is 0 Å². The fourth-order valence-electron chi connectivity index (χ4n) is 1.80. The standard InChI is InChI=1S/C14H15BrClN3/c1-2-3-12-13(16)18-9-19-14(12)17-8-10-4-6-11(15)7-5-10/h4-7,9H,2-3,8H2,1H3,(H,17,18,19). The molecule has 0 unspecified atom stereocenters. The van der Waals surface area contributed by atoms with Crippen molar-refractivity contribution in [3.05, 3.63) is 51.3 Å². The minimum absolute atomic E-state index is 0.537. The van der Waals surface area contributed by atoms with Crippen LogP contribution in [-0.4, -0.2) is 9.97 Å². The van der Waals surface area contributed by atoms with Crippen LogP contribution < -0.4 is 5.32 Å². The van der Waals surface area contributed by atoms with Gasteiger partial charge in [-0.15, -0.1) is 0 Å². The molecule has 1 heterocycles. The summed E-state index contributed by atoms with van der Waals surface area (Å²) in [5.41, 5.74) is 2.18. The van der Waals surface area contributed by atoms with Crippen molar-refractivity contribution in [3.8, 4) is 0 Å². The Morgan fingerprint density at radius 1 is 1.21 bits per heavy atom. The van der Waals surface area contributed by atoms with Crippen LogP contribution in [-0.2, 0) is 13.0 Å². The summed E-state index contributed by atoms with van der Waals surface area (Å²) in [6.07, 6.45) is 3.38. The Kier molecular flexibility index (Phi) is 5.16. The molecule has 0 radical (unpaired) electrons. The van der Waals surface area contributed by atoms with Gasteiger partial charge in [-0.05, 0) is 24.1 Å². The molecule has 100 valence electrons. The fraction of sp³-hybridized carbons (Fsp3) is 0.286. The van der Waals surface area contributed by atoms with Gasteiger partial charge in [-0.1, -0.05) is 53.0 Å². The van der Waals surface area contributed by atoms with E-state index in [1.165, 1.54) is 11.9 Å². The van der Waals surface area contributed by atoms with E-state index in [1.54, 1.807) is 0 Å². The van der Waals surface area contributed by atoms with Gasteiger partial charge in [0.25, 0.3) is 0 Å². The normalized spacial score (nSPS) is 10.5. The van der Waals surface area contributed by atoms with Crippen LogP contribution in [0.4, 0.5) is 5.82 Å². The lowest BCUT2D eigenvalue weighted by Crippen LogP contribution is -2.06. The molecule has 1 N–H and O–H groups in total. The van der Waals surface area contributed by atoms with Crippen LogP contribution >= 0.6 is 27.5 Å². The highest BCUT2D eigenvalue weighted by molar-refractivity contribution is 9.10. The minimum Gasteiger partial charge on any atom is -0.366 e. The molecule has 0 atom stereocenters. The van der Waals surface area contributed by atoms with Crippen LogP contribution in [0, 0.1) is 0 Å². The van der Waals surface area contributed by atoms with E-state index in [9.17, 15) is 0 Å². The van der Waals surface area contributed by atoms with E-state index < -0.39 is 0 Å². The molecule has 3 nitrogen and oxygen atoms in total. The first kappa shape index (κ1) is 14.3. The van der Waals surface area contributed by atoms with Crippen molar-refractivity contribution in [3.63, 3.8) is 0 Å². The smallest absolute Gasteiger partial charge is 0.137 e. The number of anilines is 1. The van der Waals surface area contributed by atoms with Gasteiger partial charge in [0.1, 0.15) is 17.3 Å². The zero-order chi connectivity index (χ0) is 13.7. The molecule has 5 heteroatoms. The summed E-state index contributed by atoms with van der Waals surface area (Å²) >= 11 is 9.54. The molecule has 0 aliphatic heterocycles. The van der Waals surface area contributed by atoms with Gasteiger partial charge < -0.3 is 5.32 Å². The molecule has 0 spiro atoms. The summed E-state index contributed by atoms with van der Waals surface area (Å²) in [4.78, 5) is 8.31. The van der Waals surface area contributed by atoms with Gasteiger partial charge in [-0.25, -0.2) is 9.97 Å². The minimum atomic E-state index is 0.537. The van der Waals surface area contributed by atoms with E-state index in [2.05, 4.69) is 50.3 Å². The van der Waals surface area contributed by atoms with Gasteiger partial charge in [-0.2, -0.15) is 0 Å². The first-order valence-corrected chi connectivity index (χ1v) is 7.35. The molecule has 0 amide bonds. The number of halogens is 2. The predicted molar refractivity (Wildman–Crippen MR) is 82.5 cm³/mol. The lowest BCUT2D eigenvalue weighted by molar-refractivity contribution is 0.897. The fourth-order valence-corrected chi connectivity index (χ4v) is 2.29. The van der Waals surface area contributed by atoms with Crippen molar-refractivity contribution < 1.29 is 0 Å². The number of rotatable bonds is 5. The van der Waals surface area contributed by atoms with E-state index in [0.29, 0.717) is 5.15 Å². The van der Waals surface area contributed by atoms with E-state index in [-0.39, 0.29) is 0 Å². The Morgan fingerprint density at radius 3 is 2.63 bits per heavy atom. The average Bonchev–Trinajstić information content (AvgIpc) is 2.41.